The second-order valence-electron chi connectivity index (χ2n) is 6.31. The summed E-state index contributed by atoms with van der Waals surface area (Å²) in [5, 5.41) is 0. The van der Waals surface area contributed by atoms with Gasteiger partial charge in [-0.25, -0.2) is 0 Å². The SMILES string of the molecule is CCC(C)(C)C(=O)OC1C2C[C-]3C(=O)OC1C3C2.[Rf]. The predicted octanol–water partition coefficient (Wildman–Crippen LogP) is 1.87. The molecule has 0 N–H and O–H groups in total. The maximum Gasteiger partial charge on any atom is 0.311 e. The van der Waals surface area contributed by atoms with Crippen molar-refractivity contribution in [3.63, 3.8) is 0 Å². The van der Waals surface area contributed by atoms with E-state index in [0.717, 1.165) is 25.2 Å². The largest absolute Gasteiger partial charge is 0.483 e. The molecule has 4 atom stereocenters. The molecule has 2 saturated carbocycles. The Balaban J connectivity index is 0.00000133. The van der Waals surface area contributed by atoms with E-state index in [1.165, 1.54) is 0 Å². The summed E-state index contributed by atoms with van der Waals surface area (Å²) in [4.78, 5) is 23.7. The molecule has 2 aliphatic carbocycles. The first-order valence-corrected chi connectivity index (χ1v) is 6.72. The van der Waals surface area contributed by atoms with Crippen LogP contribution in [-0.2, 0) is 19.1 Å². The zero-order valence-electron chi connectivity index (χ0n) is 11.8. The van der Waals surface area contributed by atoms with Gasteiger partial charge >= 0.3 is 5.97 Å². The topological polar surface area (TPSA) is 52.6 Å². The molecule has 0 spiro atoms. The van der Waals surface area contributed by atoms with Crippen LogP contribution in [0.2, 0.25) is 0 Å². The number of fused-ring (bicyclic) bond motifs is 1. The van der Waals surface area contributed by atoms with E-state index in [4.69, 9.17) is 9.47 Å². The van der Waals surface area contributed by atoms with Crippen molar-refractivity contribution in [2.75, 3.05) is 0 Å². The van der Waals surface area contributed by atoms with E-state index in [0.29, 0.717) is 0 Å². The molecule has 1 heterocycles. The zero-order valence-corrected chi connectivity index (χ0v) is 18.2. The van der Waals surface area contributed by atoms with Crippen molar-refractivity contribution < 1.29 is 19.1 Å². The second-order valence-corrected chi connectivity index (χ2v) is 6.31. The molecule has 4 unspecified atom stereocenters. The molecule has 0 amide bonds. The van der Waals surface area contributed by atoms with Gasteiger partial charge in [0, 0.05) is 0 Å². The number of ether oxygens (including phenoxy) is 2. The molecule has 102 valence electrons. The number of hydrogen-bond donors (Lipinski definition) is 0. The smallest absolute Gasteiger partial charge is 0.311 e. The van der Waals surface area contributed by atoms with Gasteiger partial charge in [-0.2, -0.15) is 0 Å². The average molecular weight is 518 g/mol. The third-order valence-corrected chi connectivity index (χ3v) is 4.86. The van der Waals surface area contributed by atoms with Crippen LogP contribution >= 0.6 is 0 Å². The predicted molar refractivity (Wildman–Crippen MR) is 63.3 cm³/mol. The molecule has 3 aliphatic rings. The van der Waals surface area contributed by atoms with E-state index in [9.17, 15) is 9.59 Å². The Labute approximate surface area is 107 Å². The average Bonchev–Trinajstić information content (AvgIpc) is 2.93. The van der Waals surface area contributed by atoms with Crippen LogP contribution in [-0.4, -0.2) is 24.1 Å². The van der Waals surface area contributed by atoms with E-state index in [1.807, 2.05) is 20.8 Å². The minimum atomic E-state index is -0.461. The van der Waals surface area contributed by atoms with Crippen LogP contribution in [0.15, 0.2) is 0 Å². The van der Waals surface area contributed by atoms with E-state index < -0.39 is 5.41 Å². The zero-order chi connectivity index (χ0) is 13.1. The summed E-state index contributed by atoms with van der Waals surface area (Å²) in [6.07, 6.45) is 2.02. The fraction of sp³-hybridized carbons (Fsp3) is 0.786. The molecule has 1 aliphatic heterocycles. The quantitative estimate of drug-likeness (QED) is 0.423. The van der Waals surface area contributed by atoms with Gasteiger partial charge in [0.1, 0.15) is 12.2 Å². The number of esters is 2. The second kappa shape index (κ2) is 3.90. The maximum absolute atomic E-state index is 12.1. The summed E-state index contributed by atoms with van der Waals surface area (Å²) in [7, 11) is 0. The molecule has 3 rings (SSSR count). The summed E-state index contributed by atoms with van der Waals surface area (Å²) in [5.74, 6) is 1.09. The van der Waals surface area contributed by atoms with Crippen LogP contribution < -0.4 is 0 Å². The molecule has 1 saturated heterocycles. The first-order chi connectivity index (χ1) is 8.44. The molecule has 0 aromatic heterocycles. The maximum atomic E-state index is 12.1. The molecule has 2 bridgehead atoms. The van der Waals surface area contributed by atoms with Crippen molar-refractivity contribution in [2.45, 2.75) is 52.2 Å². The Kier molecular flexibility index (Phi) is 2.72. The summed E-state index contributed by atoms with van der Waals surface area (Å²) >= 11 is 0. The standard InChI is InChI=1S/C14H19O4.Rf/c1-4-14(2,3)13(16)18-10-7-5-8-9(6-7)12(15)17-11(8)10;/h7-8,10-11H,4-6H2,1-3H3;/q-1;. The van der Waals surface area contributed by atoms with Crippen LogP contribution in [0.4, 0.5) is 0 Å². The molecular formula is C14H19O4Rf-. The molecule has 0 aromatic rings. The first kappa shape index (κ1) is 13.2. The fourth-order valence-corrected chi connectivity index (χ4v) is 3.24. The molecule has 0 aromatic carbocycles. The molecule has 3 fully saturated rings. The van der Waals surface area contributed by atoms with Gasteiger partial charge in [0.15, 0.2) is 5.97 Å². The van der Waals surface area contributed by atoms with Gasteiger partial charge in [0.05, 0.1) is 5.41 Å². The van der Waals surface area contributed by atoms with E-state index in [2.05, 4.69) is 0 Å². The number of carbonyl (C=O) groups is 2. The van der Waals surface area contributed by atoms with E-state index in [1.54, 1.807) is 0 Å². The normalized spacial score (nSPS) is 35.1. The van der Waals surface area contributed by atoms with Gasteiger partial charge in [-0.15, -0.1) is 12.3 Å². The molecule has 4 nitrogen and oxygen atoms in total. The van der Waals surface area contributed by atoms with Crippen LogP contribution in [0.1, 0.15) is 40.0 Å². The third kappa shape index (κ3) is 1.65. The van der Waals surface area contributed by atoms with Crippen molar-refractivity contribution in [2.24, 2.45) is 17.3 Å². The summed E-state index contributed by atoms with van der Waals surface area (Å²) in [5.41, 5.74) is -0.461. The monoisotopic (exact) mass is 518 g/mol. The van der Waals surface area contributed by atoms with Gasteiger partial charge in [0.2, 0.25) is 0 Å². The van der Waals surface area contributed by atoms with Gasteiger partial charge in [-0.3, -0.25) is 15.5 Å². The molecule has 19 heavy (non-hydrogen) atoms. The Morgan fingerprint density at radius 2 is 2.21 bits per heavy atom. The minimum absolute atomic E-state index is 0. The number of hydrogen-bond acceptors (Lipinski definition) is 4. The van der Waals surface area contributed by atoms with Crippen molar-refractivity contribution >= 4 is 11.9 Å². The van der Waals surface area contributed by atoms with Gasteiger partial charge in [-0.05, 0) is 26.2 Å². The van der Waals surface area contributed by atoms with Gasteiger partial charge in [-0.1, -0.05) is 13.3 Å². The Morgan fingerprint density at radius 3 is 2.84 bits per heavy atom. The Morgan fingerprint density at radius 1 is 1.53 bits per heavy atom. The van der Waals surface area contributed by atoms with Gasteiger partial charge < -0.3 is 9.47 Å². The minimum Gasteiger partial charge on any atom is -0.483 e. The summed E-state index contributed by atoms with van der Waals surface area (Å²) in [6, 6.07) is 0. The number of rotatable bonds is 3. The third-order valence-electron chi connectivity index (χ3n) is 4.86. The summed E-state index contributed by atoms with van der Waals surface area (Å²) < 4.78 is 11.0. The molecular weight excluding hydrogens is 499 g/mol. The van der Waals surface area contributed by atoms with Crippen molar-refractivity contribution in [3.05, 3.63) is 5.92 Å². The number of carbonyl (C=O) groups excluding carboxylic acids is 2. The van der Waals surface area contributed by atoms with Crippen molar-refractivity contribution in [1.82, 2.24) is 0 Å². The molecule has 0 radical (unpaired) electrons. The van der Waals surface area contributed by atoms with Crippen molar-refractivity contribution in [1.29, 1.82) is 0 Å². The first-order valence-electron chi connectivity index (χ1n) is 6.72. The molecule has 5 heteroatoms. The van der Waals surface area contributed by atoms with Crippen LogP contribution in [0.5, 0.6) is 0 Å². The van der Waals surface area contributed by atoms with E-state index in [-0.39, 0.29) is 36.0 Å². The van der Waals surface area contributed by atoms with Crippen molar-refractivity contribution in [3.8, 4) is 0 Å². The van der Waals surface area contributed by atoms with Crippen LogP contribution in [0, 0.1) is 23.2 Å². The van der Waals surface area contributed by atoms with Crippen LogP contribution in [0.3, 0.4) is 0 Å². The van der Waals surface area contributed by atoms with E-state index >= 15 is 0 Å². The summed E-state index contributed by atoms with van der Waals surface area (Å²) in [6.45, 7) is 5.76. The fourth-order valence-electron chi connectivity index (χ4n) is 3.24. The Hall–Kier alpha value is -2.19. The van der Waals surface area contributed by atoms with Gasteiger partial charge in [0.25, 0.3) is 0 Å². The Bertz CT molecular complexity index is 406. The van der Waals surface area contributed by atoms with Crippen LogP contribution in [0.25, 0.3) is 0 Å².